The van der Waals surface area contributed by atoms with Crippen LogP contribution in [0.25, 0.3) is 0 Å². The molecule has 0 aliphatic rings. The average molecular weight is 199 g/mol. The Bertz CT molecular complexity index is 129. The maximum Gasteiger partial charge on any atom is -0.00205 e. The summed E-state index contributed by atoms with van der Waals surface area (Å²) >= 11 is 0. The maximum absolute atomic E-state index is 3.54. The van der Waals surface area contributed by atoms with Gasteiger partial charge in [0.1, 0.15) is 0 Å². The predicted molar refractivity (Wildman–Crippen MR) is 65.5 cm³/mol. The molecule has 0 saturated carbocycles. The molecule has 0 spiro atoms. The standard InChI is InChI=1S/C13H29N/c1-10(2)7-12(5)13(6)9-14-8-11(3)4/h10-14H,7-9H2,1-6H3. The molecule has 1 nitrogen and oxygen atoms in total. The van der Waals surface area contributed by atoms with Crippen molar-refractivity contribution in [2.75, 3.05) is 13.1 Å². The van der Waals surface area contributed by atoms with E-state index in [4.69, 9.17) is 0 Å². The molecular weight excluding hydrogens is 170 g/mol. The van der Waals surface area contributed by atoms with Gasteiger partial charge in [-0.05, 0) is 43.2 Å². The van der Waals surface area contributed by atoms with Gasteiger partial charge in [0.05, 0.1) is 0 Å². The summed E-state index contributed by atoms with van der Waals surface area (Å²) in [5, 5.41) is 3.54. The van der Waals surface area contributed by atoms with Gasteiger partial charge in [0.25, 0.3) is 0 Å². The average Bonchev–Trinajstić information content (AvgIpc) is 2.01. The molecule has 0 fully saturated rings. The van der Waals surface area contributed by atoms with Crippen LogP contribution in [0.4, 0.5) is 0 Å². The van der Waals surface area contributed by atoms with Crippen LogP contribution in [0.5, 0.6) is 0 Å². The Morgan fingerprint density at radius 2 is 1.29 bits per heavy atom. The highest BCUT2D eigenvalue weighted by Gasteiger charge is 2.13. The van der Waals surface area contributed by atoms with E-state index in [1.165, 1.54) is 13.0 Å². The summed E-state index contributed by atoms with van der Waals surface area (Å²) in [6.07, 6.45) is 1.35. The minimum atomic E-state index is 0.766. The third-order valence-electron chi connectivity index (χ3n) is 2.83. The first kappa shape index (κ1) is 14.0. The molecule has 0 aliphatic heterocycles. The lowest BCUT2D eigenvalue weighted by atomic mass is 9.88. The predicted octanol–water partition coefficient (Wildman–Crippen LogP) is 3.55. The summed E-state index contributed by atoms with van der Waals surface area (Å²) < 4.78 is 0. The van der Waals surface area contributed by atoms with Crippen LogP contribution in [0.15, 0.2) is 0 Å². The topological polar surface area (TPSA) is 12.0 Å². The summed E-state index contributed by atoms with van der Waals surface area (Å²) in [6.45, 7) is 16.2. The quantitative estimate of drug-likeness (QED) is 0.661. The van der Waals surface area contributed by atoms with Gasteiger partial charge in [0, 0.05) is 0 Å². The lowest BCUT2D eigenvalue weighted by Gasteiger charge is -2.22. The molecule has 0 aliphatic carbocycles. The normalized spacial score (nSPS) is 16.3. The highest BCUT2D eigenvalue weighted by Crippen LogP contribution is 2.19. The van der Waals surface area contributed by atoms with E-state index in [1.54, 1.807) is 0 Å². The van der Waals surface area contributed by atoms with Crippen LogP contribution < -0.4 is 5.32 Å². The number of nitrogens with one attached hydrogen (secondary N) is 1. The summed E-state index contributed by atoms with van der Waals surface area (Å²) in [7, 11) is 0. The molecule has 2 atom stereocenters. The lowest BCUT2D eigenvalue weighted by molar-refractivity contribution is 0.309. The largest absolute Gasteiger partial charge is 0.316 e. The van der Waals surface area contributed by atoms with Crippen molar-refractivity contribution in [1.82, 2.24) is 5.32 Å². The molecule has 0 radical (unpaired) electrons. The van der Waals surface area contributed by atoms with Crippen molar-refractivity contribution >= 4 is 0 Å². The van der Waals surface area contributed by atoms with Crippen LogP contribution in [0.2, 0.25) is 0 Å². The fraction of sp³-hybridized carbons (Fsp3) is 1.00. The zero-order valence-corrected chi connectivity index (χ0v) is 10.9. The smallest absolute Gasteiger partial charge is 0.00205 e. The molecule has 1 N–H and O–H groups in total. The van der Waals surface area contributed by atoms with Crippen molar-refractivity contribution in [3.8, 4) is 0 Å². The molecule has 0 aromatic heterocycles. The second-order valence-electron chi connectivity index (χ2n) is 5.64. The first-order valence-electron chi connectivity index (χ1n) is 6.14. The Morgan fingerprint density at radius 3 is 1.71 bits per heavy atom. The minimum absolute atomic E-state index is 0.766. The Morgan fingerprint density at radius 1 is 0.714 bits per heavy atom. The van der Waals surface area contributed by atoms with Gasteiger partial charge < -0.3 is 5.32 Å². The van der Waals surface area contributed by atoms with Crippen LogP contribution in [0.3, 0.4) is 0 Å². The van der Waals surface area contributed by atoms with Crippen molar-refractivity contribution in [1.29, 1.82) is 0 Å². The van der Waals surface area contributed by atoms with Crippen molar-refractivity contribution in [3.63, 3.8) is 0 Å². The Kier molecular flexibility index (Phi) is 7.26. The highest BCUT2D eigenvalue weighted by atomic mass is 14.9. The van der Waals surface area contributed by atoms with Crippen LogP contribution in [-0.2, 0) is 0 Å². The SMILES string of the molecule is CC(C)CNCC(C)C(C)CC(C)C. The van der Waals surface area contributed by atoms with Gasteiger partial charge in [-0.25, -0.2) is 0 Å². The molecule has 0 bridgehead atoms. The van der Waals surface area contributed by atoms with Crippen molar-refractivity contribution in [2.24, 2.45) is 23.7 Å². The monoisotopic (exact) mass is 199 g/mol. The number of rotatable bonds is 7. The maximum atomic E-state index is 3.54. The Labute approximate surface area is 90.7 Å². The molecule has 0 heterocycles. The van der Waals surface area contributed by atoms with Gasteiger partial charge in [0.2, 0.25) is 0 Å². The van der Waals surface area contributed by atoms with Gasteiger partial charge in [-0.3, -0.25) is 0 Å². The van der Waals surface area contributed by atoms with Crippen molar-refractivity contribution < 1.29 is 0 Å². The van der Waals surface area contributed by atoms with E-state index in [0.717, 1.165) is 30.2 Å². The molecule has 0 aromatic rings. The summed E-state index contributed by atoms with van der Waals surface area (Å²) in [6, 6.07) is 0. The van der Waals surface area contributed by atoms with Gasteiger partial charge in [0.15, 0.2) is 0 Å². The van der Waals surface area contributed by atoms with Gasteiger partial charge in [-0.1, -0.05) is 41.5 Å². The second-order valence-corrected chi connectivity index (χ2v) is 5.64. The summed E-state index contributed by atoms with van der Waals surface area (Å²) in [4.78, 5) is 0. The third kappa shape index (κ3) is 7.37. The molecule has 2 unspecified atom stereocenters. The van der Waals surface area contributed by atoms with Crippen molar-refractivity contribution in [2.45, 2.75) is 48.0 Å². The van der Waals surface area contributed by atoms with E-state index in [9.17, 15) is 0 Å². The van der Waals surface area contributed by atoms with Crippen LogP contribution >= 0.6 is 0 Å². The molecule has 1 heteroatoms. The minimum Gasteiger partial charge on any atom is -0.316 e. The van der Waals surface area contributed by atoms with Crippen molar-refractivity contribution in [3.05, 3.63) is 0 Å². The lowest BCUT2D eigenvalue weighted by Crippen LogP contribution is -2.28. The molecular formula is C13H29N. The summed E-state index contributed by atoms with van der Waals surface area (Å²) in [5.41, 5.74) is 0. The Balaban J connectivity index is 3.56. The van der Waals surface area contributed by atoms with Crippen LogP contribution in [-0.4, -0.2) is 13.1 Å². The zero-order chi connectivity index (χ0) is 11.1. The molecule has 14 heavy (non-hydrogen) atoms. The zero-order valence-electron chi connectivity index (χ0n) is 10.9. The van der Waals surface area contributed by atoms with Gasteiger partial charge in [-0.15, -0.1) is 0 Å². The van der Waals surface area contributed by atoms with E-state index in [-0.39, 0.29) is 0 Å². The highest BCUT2D eigenvalue weighted by molar-refractivity contribution is 4.66. The fourth-order valence-corrected chi connectivity index (χ4v) is 1.78. The van der Waals surface area contributed by atoms with E-state index in [0.29, 0.717) is 0 Å². The van der Waals surface area contributed by atoms with Crippen LogP contribution in [0, 0.1) is 23.7 Å². The van der Waals surface area contributed by atoms with E-state index < -0.39 is 0 Å². The number of hydrogen-bond donors (Lipinski definition) is 1. The molecule has 0 aromatic carbocycles. The molecule has 0 rings (SSSR count). The fourth-order valence-electron chi connectivity index (χ4n) is 1.78. The molecule has 86 valence electrons. The second kappa shape index (κ2) is 7.28. The van der Waals surface area contributed by atoms with E-state index in [1.807, 2.05) is 0 Å². The summed E-state index contributed by atoms with van der Waals surface area (Å²) in [5.74, 6) is 3.24. The van der Waals surface area contributed by atoms with Gasteiger partial charge in [-0.2, -0.15) is 0 Å². The number of hydrogen-bond acceptors (Lipinski definition) is 1. The van der Waals surface area contributed by atoms with E-state index >= 15 is 0 Å². The molecule has 0 saturated heterocycles. The van der Waals surface area contributed by atoms with E-state index in [2.05, 4.69) is 46.9 Å². The third-order valence-corrected chi connectivity index (χ3v) is 2.83. The van der Waals surface area contributed by atoms with Gasteiger partial charge >= 0.3 is 0 Å². The first-order chi connectivity index (χ1) is 6.43. The Hall–Kier alpha value is -0.0400. The first-order valence-corrected chi connectivity index (χ1v) is 6.14. The van der Waals surface area contributed by atoms with Crippen LogP contribution in [0.1, 0.15) is 48.0 Å². The molecule has 0 amide bonds.